The van der Waals surface area contributed by atoms with E-state index in [4.69, 9.17) is 5.26 Å². The van der Waals surface area contributed by atoms with E-state index in [-0.39, 0.29) is 4.90 Å². The summed E-state index contributed by atoms with van der Waals surface area (Å²) in [7, 11) is -4.03. The molecule has 2 N–H and O–H groups in total. The van der Waals surface area contributed by atoms with E-state index in [2.05, 4.69) is 28.9 Å². The van der Waals surface area contributed by atoms with Crippen LogP contribution in [-0.4, -0.2) is 20.1 Å². The highest BCUT2D eigenvalue weighted by Gasteiger charge is 2.44. The molecule has 0 radical (unpaired) electrons. The third kappa shape index (κ3) is 4.83. The largest absolute Gasteiger partial charge is 0.324 e. The lowest BCUT2D eigenvalue weighted by Crippen LogP contribution is -2.53. The number of nitrogens with zero attached hydrogens (tertiary/aromatic N) is 1. The molecule has 3 rings (SSSR count). The van der Waals surface area contributed by atoms with Gasteiger partial charge in [-0.1, -0.05) is 43.1 Å². The van der Waals surface area contributed by atoms with Gasteiger partial charge in [0.25, 0.3) is 5.91 Å². The van der Waals surface area contributed by atoms with Crippen molar-refractivity contribution in [3.63, 3.8) is 0 Å². The molecule has 0 saturated heterocycles. The first-order valence-corrected chi connectivity index (χ1v) is 11.6. The second-order valence-electron chi connectivity index (χ2n) is 7.19. The Morgan fingerprint density at radius 1 is 1.09 bits per heavy atom. The number of carbonyl (C=O) groups excluding carboxylic acids is 1. The molecule has 0 heterocycles. The van der Waals surface area contributed by atoms with Gasteiger partial charge in [0.05, 0.1) is 22.3 Å². The van der Waals surface area contributed by atoms with Crippen LogP contribution in [0.2, 0.25) is 0 Å². The Kier molecular flexibility index (Phi) is 6.99. The average Bonchev–Trinajstić information content (AvgIpc) is 2.78. The van der Waals surface area contributed by atoms with Crippen molar-refractivity contribution in [1.29, 1.82) is 5.26 Å². The molecule has 0 aliphatic carbocycles. The molecule has 0 aromatic heterocycles. The molecule has 1 unspecified atom stereocenters. The zero-order valence-electron chi connectivity index (χ0n) is 17.0. The summed E-state index contributed by atoms with van der Waals surface area (Å²) in [4.78, 5) is 13.4. The van der Waals surface area contributed by atoms with E-state index in [1.807, 2.05) is 0 Å². The predicted octanol–water partition coefficient (Wildman–Crippen LogP) is 3.75. The highest BCUT2D eigenvalue weighted by Crippen LogP contribution is 2.29. The van der Waals surface area contributed by atoms with Crippen molar-refractivity contribution in [1.82, 2.24) is 4.72 Å². The average molecular weight is 470 g/mol. The quantitative estimate of drug-likeness (QED) is 0.362. The number of benzene rings is 3. The molecule has 3 aromatic rings. The molecule has 0 bridgehead atoms. The van der Waals surface area contributed by atoms with Crippen molar-refractivity contribution in [3.8, 4) is 6.07 Å². The highest BCUT2D eigenvalue weighted by molar-refractivity contribution is 7.91. The first-order valence-electron chi connectivity index (χ1n) is 9.49. The molecule has 6 nitrogen and oxygen atoms in total. The van der Waals surface area contributed by atoms with Gasteiger partial charge >= 0.3 is 0 Å². The van der Waals surface area contributed by atoms with E-state index in [0.717, 1.165) is 24.3 Å². The molecule has 0 aliphatic rings. The smallest absolute Gasteiger partial charge is 0.251 e. The monoisotopic (exact) mass is 469 g/mol. The standard InChI is InChI=1S/C23H20FN3O3S2/c1-16-13-20(10-7-17(16)14-25)26-22(28)23(27-31,18-5-3-2-4-6-18)15-32(29,30)21-11-8-19(24)9-12-21/h2-13,27,31H,15H2,1H3,(H,26,28). The number of aryl methyl sites for hydroxylation is 1. The van der Waals surface area contributed by atoms with Gasteiger partial charge in [0.15, 0.2) is 9.84 Å². The third-order valence-corrected chi connectivity index (χ3v) is 7.21. The molecule has 0 aliphatic heterocycles. The molecular weight excluding hydrogens is 449 g/mol. The number of halogens is 1. The third-order valence-electron chi connectivity index (χ3n) is 5.03. The van der Waals surface area contributed by atoms with Gasteiger partial charge in [-0.05, 0) is 60.5 Å². The molecule has 164 valence electrons. The van der Waals surface area contributed by atoms with Crippen LogP contribution < -0.4 is 10.0 Å². The molecule has 0 fully saturated rings. The van der Waals surface area contributed by atoms with E-state index >= 15 is 0 Å². The van der Waals surface area contributed by atoms with E-state index in [1.165, 1.54) is 0 Å². The van der Waals surface area contributed by atoms with Crippen molar-refractivity contribution >= 4 is 34.2 Å². The fourth-order valence-corrected chi connectivity index (χ4v) is 5.34. The summed E-state index contributed by atoms with van der Waals surface area (Å²) in [5.41, 5.74) is 0.134. The van der Waals surface area contributed by atoms with E-state index in [9.17, 15) is 17.6 Å². The van der Waals surface area contributed by atoms with Gasteiger partial charge in [0, 0.05) is 5.69 Å². The van der Waals surface area contributed by atoms with Crippen LogP contribution >= 0.6 is 12.8 Å². The number of nitrogens with one attached hydrogen (secondary N) is 2. The van der Waals surface area contributed by atoms with Gasteiger partial charge in [-0.2, -0.15) is 5.26 Å². The second-order valence-corrected chi connectivity index (χ2v) is 9.40. The Morgan fingerprint density at radius 3 is 2.31 bits per heavy atom. The molecule has 3 aromatic carbocycles. The normalized spacial score (nSPS) is 13.1. The van der Waals surface area contributed by atoms with E-state index in [0.29, 0.717) is 22.4 Å². The lowest BCUT2D eigenvalue weighted by atomic mass is 9.91. The van der Waals surface area contributed by atoms with Crippen molar-refractivity contribution in [2.45, 2.75) is 17.4 Å². The van der Waals surface area contributed by atoms with Gasteiger partial charge in [-0.25, -0.2) is 17.5 Å². The summed E-state index contributed by atoms with van der Waals surface area (Å²) in [6.07, 6.45) is 0. The van der Waals surface area contributed by atoms with Crippen LogP contribution in [0, 0.1) is 24.1 Å². The summed E-state index contributed by atoms with van der Waals surface area (Å²) < 4.78 is 42.2. The van der Waals surface area contributed by atoms with Crippen LogP contribution in [0.4, 0.5) is 10.1 Å². The number of anilines is 1. The lowest BCUT2D eigenvalue weighted by molar-refractivity contribution is -0.121. The molecule has 9 heteroatoms. The van der Waals surface area contributed by atoms with Crippen molar-refractivity contribution in [3.05, 3.63) is 95.3 Å². The fourth-order valence-electron chi connectivity index (χ4n) is 3.27. The summed E-state index contributed by atoms with van der Waals surface area (Å²) in [5, 5.41) is 11.8. The Bertz CT molecular complexity index is 1270. The van der Waals surface area contributed by atoms with Crippen molar-refractivity contribution < 1.29 is 17.6 Å². The minimum Gasteiger partial charge on any atom is -0.324 e. The van der Waals surface area contributed by atoms with Crippen LogP contribution in [0.1, 0.15) is 16.7 Å². The number of hydrogen-bond acceptors (Lipinski definition) is 6. The fraction of sp³-hybridized carbons (Fsp3) is 0.130. The highest BCUT2D eigenvalue weighted by atomic mass is 32.2. The maximum atomic E-state index is 13.5. The number of hydrogen-bond donors (Lipinski definition) is 3. The zero-order valence-corrected chi connectivity index (χ0v) is 18.8. The zero-order chi connectivity index (χ0) is 23.4. The predicted molar refractivity (Wildman–Crippen MR) is 123 cm³/mol. The second kappa shape index (κ2) is 9.53. The summed E-state index contributed by atoms with van der Waals surface area (Å²) >= 11 is 4.13. The maximum Gasteiger partial charge on any atom is 0.251 e. The summed E-state index contributed by atoms with van der Waals surface area (Å²) in [6.45, 7) is 1.73. The van der Waals surface area contributed by atoms with Gasteiger partial charge in [-0.15, -0.1) is 0 Å². The topological polar surface area (TPSA) is 99.1 Å². The number of nitriles is 1. The van der Waals surface area contributed by atoms with E-state index in [1.54, 1.807) is 55.5 Å². The van der Waals surface area contributed by atoms with Crippen LogP contribution in [-0.2, 0) is 20.2 Å². The molecule has 0 spiro atoms. The van der Waals surface area contributed by atoms with Gasteiger partial charge in [0.1, 0.15) is 11.4 Å². The number of thiol groups is 1. The molecule has 1 atom stereocenters. The number of rotatable bonds is 7. The van der Waals surface area contributed by atoms with E-state index < -0.39 is 32.9 Å². The molecular formula is C23H20FN3O3S2. The minimum absolute atomic E-state index is 0.121. The van der Waals surface area contributed by atoms with Crippen molar-refractivity contribution in [2.24, 2.45) is 0 Å². The summed E-state index contributed by atoms with van der Waals surface area (Å²) in [6, 6.07) is 19.5. The summed E-state index contributed by atoms with van der Waals surface area (Å²) in [5.74, 6) is -1.90. The van der Waals surface area contributed by atoms with Gasteiger partial charge in [-0.3, -0.25) is 4.79 Å². The maximum absolute atomic E-state index is 13.5. The number of amides is 1. The van der Waals surface area contributed by atoms with Crippen LogP contribution in [0.3, 0.4) is 0 Å². The first-order chi connectivity index (χ1) is 15.2. The number of carbonyl (C=O) groups is 1. The van der Waals surface area contributed by atoms with Crippen molar-refractivity contribution in [2.75, 3.05) is 11.1 Å². The Labute approximate surface area is 191 Å². The number of sulfone groups is 1. The molecule has 0 saturated carbocycles. The van der Waals surface area contributed by atoms with Gasteiger partial charge in [0.2, 0.25) is 0 Å². The Hall–Kier alpha value is -3.19. The SMILES string of the molecule is Cc1cc(NC(=O)C(CS(=O)(=O)c2ccc(F)cc2)(NS)c2ccccc2)ccc1C#N. The molecule has 1 amide bonds. The lowest BCUT2D eigenvalue weighted by Gasteiger charge is -2.32. The molecule has 32 heavy (non-hydrogen) atoms. The van der Waals surface area contributed by atoms with Crippen LogP contribution in [0.25, 0.3) is 0 Å². The minimum atomic E-state index is -4.03. The first kappa shape index (κ1) is 23.5. The van der Waals surface area contributed by atoms with Crippen LogP contribution in [0.15, 0.2) is 77.7 Å². The van der Waals surface area contributed by atoms with Crippen LogP contribution in [0.5, 0.6) is 0 Å². The Balaban J connectivity index is 2.05. The Morgan fingerprint density at radius 2 is 1.75 bits per heavy atom. The van der Waals surface area contributed by atoms with Gasteiger partial charge < -0.3 is 5.32 Å².